The summed E-state index contributed by atoms with van der Waals surface area (Å²) in [5.74, 6) is -0.140. The summed E-state index contributed by atoms with van der Waals surface area (Å²) in [6.07, 6.45) is 2.81. The summed E-state index contributed by atoms with van der Waals surface area (Å²) in [5.41, 5.74) is 0.514. The van der Waals surface area contributed by atoms with E-state index >= 15 is 0 Å². The van der Waals surface area contributed by atoms with Gasteiger partial charge in [-0.3, -0.25) is 4.79 Å². The zero-order valence-electron chi connectivity index (χ0n) is 14.3. The number of hydrogen-bond acceptors (Lipinski definition) is 8. The molecule has 0 amide bonds. The van der Waals surface area contributed by atoms with E-state index in [0.717, 1.165) is 31.0 Å². The molecule has 10 heteroatoms. The van der Waals surface area contributed by atoms with Crippen LogP contribution in [0.5, 0.6) is 0 Å². The third-order valence-corrected chi connectivity index (χ3v) is 6.67. The summed E-state index contributed by atoms with van der Waals surface area (Å²) in [4.78, 5) is 11.4. The molecule has 3 rings (SSSR count). The van der Waals surface area contributed by atoms with E-state index in [1.165, 1.54) is 17.5 Å². The first-order valence-corrected chi connectivity index (χ1v) is 10.6. The molecular formula is C16H19N3O5S2. The van der Waals surface area contributed by atoms with E-state index < -0.39 is 16.0 Å². The highest BCUT2D eigenvalue weighted by atomic mass is 32.2. The number of rotatable bonds is 6. The minimum Gasteiger partial charge on any atom is -0.468 e. The molecule has 0 bridgehead atoms. The van der Waals surface area contributed by atoms with E-state index in [0.29, 0.717) is 18.7 Å². The zero-order valence-corrected chi connectivity index (χ0v) is 15.9. The summed E-state index contributed by atoms with van der Waals surface area (Å²) in [6, 6.07) is 6.46. The number of carbonyl (C=O) groups excluding carboxylic acids is 1. The van der Waals surface area contributed by atoms with Crippen molar-refractivity contribution in [2.24, 2.45) is 0 Å². The Balaban J connectivity index is 1.79. The molecule has 1 aliphatic heterocycles. The van der Waals surface area contributed by atoms with Gasteiger partial charge in [-0.1, -0.05) is 24.2 Å². The second-order valence-corrected chi connectivity index (χ2v) is 8.60. The lowest BCUT2D eigenvalue weighted by Crippen LogP contribution is -2.35. The highest BCUT2D eigenvalue weighted by Crippen LogP contribution is 2.27. The predicted octanol–water partition coefficient (Wildman–Crippen LogP) is 2.18. The molecule has 1 fully saturated rings. The molecule has 8 nitrogen and oxygen atoms in total. The van der Waals surface area contributed by atoms with Crippen LogP contribution in [0.2, 0.25) is 0 Å². The molecule has 0 unspecified atom stereocenters. The molecule has 2 heterocycles. The van der Waals surface area contributed by atoms with E-state index in [1.54, 1.807) is 18.2 Å². The fourth-order valence-corrected chi connectivity index (χ4v) is 4.77. The number of benzene rings is 1. The number of carbonyl (C=O) groups is 1. The number of esters is 1. The third-order valence-electron chi connectivity index (χ3n) is 3.98. The van der Waals surface area contributed by atoms with Gasteiger partial charge in [-0.25, -0.2) is 8.42 Å². The molecule has 140 valence electrons. The Labute approximate surface area is 156 Å². The van der Waals surface area contributed by atoms with Crippen molar-refractivity contribution in [2.45, 2.75) is 29.4 Å². The second-order valence-electron chi connectivity index (χ2n) is 5.73. The second kappa shape index (κ2) is 8.19. The van der Waals surface area contributed by atoms with Crippen LogP contribution in [-0.4, -0.2) is 54.8 Å². The topological polar surface area (TPSA) is 103 Å². The van der Waals surface area contributed by atoms with Crippen LogP contribution in [0, 0.1) is 0 Å². The Hall–Kier alpha value is -1.91. The van der Waals surface area contributed by atoms with Gasteiger partial charge < -0.3 is 9.15 Å². The van der Waals surface area contributed by atoms with Crippen LogP contribution < -0.4 is 0 Å². The van der Waals surface area contributed by atoms with Crippen molar-refractivity contribution < 1.29 is 22.4 Å². The minimum atomic E-state index is -3.53. The van der Waals surface area contributed by atoms with Crippen LogP contribution in [-0.2, 0) is 19.6 Å². The lowest BCUT2D eigenvalue weighted by molar-refractivity contribution is -0.137. The fraction of sp³-hybridized carbons (Fsp3) is 0.438. The van der Waals surface area contributed by atoms with Crippen LogP contribution in [0.15, 0.2) is 38.8 Å². The lowest BCUT2D eigenvalue weighted by Gasteiger charge is -2.25. The molecular weight excluding hydrogens is 378 g/mol. The summed E-state index contributed by atoms with van der Waals surface area (Å²) in [6.45, 7) is 1.09. The number of methoxy groups -OCH3 is 1. The molecule has 26 heavy (non-hydrogen) atoms. The van der Waals surface area contributed by atoms with Crippen molar-refractivity contribution in [1.29, 1.82) is 0 Å². The normalized spacial score (nSPS) is 15.7. The number of nitrogens with zero attached hydrogens (tertiary/aromatic N) is 3. The van der Waals surface area contributed by atoms with Crippen molar-refractivity contribution in [3.63, 3.8) is 0 Å². The Morgan fingerprint density at radius 2 is 2.04 bits per heavy atom. The number of thioether (sulfide) groups is 1. The van der Waals surface area contributed by atoms with Gasteiger partial charge in [-0.2, -0.15) is 4.31 Å². The number of piperidine rings is 1. The number of hydrogen-bond donors (Lipinski definition) is 0. The van der Waals surface area contributed by atoms with Gasteiger partial charge in [0.15, 0.2) is 0 Å². The highest BCUT2D eigenvalue weighted by Gasteiger charge is 2.26. The SMILES string of the molecule is COC(=O)CSc1nnc(-c2cccc(S(=O)(=O)N3CCCCC3)c2)o1. The first-order valence-electron chi connectivity index (χ1n) is 8.14. The summed E-state index contributed by atoms with van der Waals surface area (Å²) in [7, 11) is -2.23. The van der Waals surface area contributed by atoms with Gasteiger partial charge in [0.05, 0.1) is 12.0 Å². The maximum Gasteiger partial charge on any atom is 0.316 e. The van der Waals surface area contributed by atoms with Gasteiger partial charge in [-0.05, 0) is 31.0 Å². The van der Waals surface area contributed by atoms with Crippen LogP contribution in [0.25, 0.3) is 11.5 Å². The molecule has 0 spiro atoms. The number of aromatic nitrogens is 2. The first kappa shape index (κ1) is 18.9. The van der Waals surface area contributed by atoms with Crippen molar-refractivity contribution in [3.05, 3.63) is 24.3 Å². The summed E-state index contributed by atoms with van der Waals surface area (Å²) in [5, 5.41) is 8.00. The molecule has 1 aromatic heterocycles. The molecule has 0 atom stereocenters. The smallest absolute Gasteiger partial charge is 0.316 e. The maximum absolute atomic E-state index is 12.8. The highest BCUT2D eigenvalue weighted by molar-refractivity contribution is 7.99. The standard InChI is InChI=1S/C16H19N3O5S2/c1-23-14(20)11-25-16-18-17-15(24-16)12-6-5-7-13(10-12)26(21,22)19-8-3-2-4-9-19/h5-7,10H,2-4,8-9,11H2,1H3. The lowest BCUT2D eigenvalue weighted by atomic mass is 10.2. The average Bonchev–Trinajstić information content (AvgIpc) is 3.16. The van der Waals surface area contributed by atoms with Crippen molar-refractivity contribution in [2.75, 3.05) is 26.0 Å². The van der Waals surface area contributed by atoms with Crippen LogP contribution in [0.1, 0.15) is 19.3 Å². The molecule has 2 aromatic rings. The molecule has 0 N–H and O–H groups in total. The molecule has 1 saturated heterocycles. The molecule has 0 saturated carbocycles. The average molecular weight is 397 g/mol. The van der Waals surface area contributed by atoms with Crippen LogP contribution in [0.4, 0.5) is 0 Å². The predicted molar refractivity (Wildman–Crippen MR) is 95.1 cm³/mol. The number of ether oxygens (including phenoxy) is 1. The van der Waals surface area contributed by atoms with Gasteiger partial charge in [-0.15, -0.1) is 10.2 Å². The quantitative estimate of drug-likeness (QED) is 0.540. The van der Waals surface area contributed by atoms with Gasteiger partial charge in [0.2, 0.25) is 15.9 Å². The molecule has 1 aliphatic rings. The summed E-state index contributed by atoms with van der Waals surface area (Å²) < 4.78 is 37.2. The third kappa shape index (κ3) is 4.25. The van der Waals surface area contributed by atoms with E-state index in [9.17, 15) is 13.2 Å². The molecule has 0 radical (unpaired) electrons. The van der Waals surface area contributed by atoms with Crippen molar-refractivity contribution in [3.8, 4) is 11.5 Å². The Bertz CT molecular complexity index is 876. The van der Waals surface area contributed by atoms with E-state index in [2.05, 4.69) is 14.9 Å². The minimum absolute atomic E-state index is 0.0571. The number of sulfonamides is 1. The monoisotopic (exact) mass is 397 g/mol. The Kier molecular flexibility index (Phi) is 5.94. The van der Waals surface area contributed by atoms with Crippen LogP contribution >= 0.6 is 11.8 Å². The largest absolute Gasteiger partial charge is 0.468 e. The van der Waals surface area contributed by atoms with Gasteiger partial charge >= 0.3 is 5.97 Å². The van der Waals surface area contributed by atoms with E-state index in [4.69, 9.17) is 4.42 Å². The van der Waals surface area contributed by atoms with Crippen molar-refractivity contribution in [1.82, 2.24) is 14.5 Å². The zero-order chi connectivity index (χ0) is 18.6. The van der Waals surface area contributed by atoms with E-state index in [1.807, 2.05) is 0 Å². The maximum atomic E-state index is 12.8. The summed E-state index contributed by atoms with van der Waals surface area (Å²) >= 11 is 1.06. The first-order chi connectivity index (χ1) is 12.5. The Morgan fingerprint density at radius 3 is 2.77 bits per heavy atom. The molecule has 1 aromatic carbocycles. The van der Waals surface area contributed by atoms with Gasteiger partial charge in [0.1, 0.15) is 5.75 Å². The van der Waals surface area contributed by atoms with Gasteiger partial charge in [0.25, 0.3) is 5.22 Å². The van der Waals surface area contributed by atoms with E-state index in [-0.39, 0.29) is 21.8 Å². The Morgan fingerprint density at radius 1 is 1.27 bits per heavy atom. The fourth-order valence-electron chi connectivity index (χ4n) is 2.61. The molecule has 0 aliphatic carbocycles. The van der Waals surface area contributed by atoms with Crippen molar-refractivity contribution >= 4 is 27.8 Å². The van der Waals surface area contributed by atoms with Crippen LogP contribution in [0.3, 0.4) is 0 Å². The van der Waals surface area contributed by atoms with Gasteiger partial charge in [0, 0.05) is 18.7 Å².